The van der Waals surface area contributed by atoms with E-state index in [4.69, 9.17) is 27.9 Å². The minimum Gasteiger partial charge on any atom is -0.482 e. The molecule has 1 N–H and O–H groups in total. The summed E-state index contributed by atoms with van der Waals surface area (Å²) in [6.07, 6.45) is 0. The standard InChI is InChI=1S/C21H25Cl2N3O2/c1-25-8-10-26(11-9-25)14-17-4-2-16(3-5-17)13-24-21(27)15-28-20-12-18(22)6-7-19(20)23/h2-7,12H,8-11,13-15H2,1H3,(H,24,27). The van der Waals surface area contributed by atoms with Crippen molar-refractivity contribution in [3.63, 3.8) is 0 Å². The minimum atomic E-state index is -0.211. The fourth-order valence-electron chi connectivity index (χ4n) is 3.01. The van der Waals surface area contributed by atoms with Gasteiger partial charge in [-0.25, -0.2) is 0 Å². The van der Waals surface area contributed by atoms with Gasteiger partial charge in [-0.3, -0.25) is 9.69 Å². The summed E-state index contributed by atoms with van der Waals surface area (Å²) in [5.41, 5.74) is 2.34. The first-order valence-electron chi connectivity index (χ1n) is 9.33. The van der Waals surface area contributed by atoms with E-state index in [0.29, 0.717) is 22.3 Å². The highest BCUT2D eigenvalue weighted by Crippen LogP contribution is 2.27. The van der Waals surface area contributed by atoms with Crippen LogP contribution in [0, 0.1) is 0 Å². The minimum absolute atomic E-state index is 0.110. The second-order valence-electron chi connectivity index (χ2n) is 7.04. The zero-order valence-electron chi connectivity index (χ0n) is 16.0. The number of rotatable bonds is 7. The Labute approximate surface area is 176 Å². The predicted octanol–water partition coefficient (Wildman–Crippen LogP) is 3.44. The summed E-state index contributed by atoms with van der Waals surface area (Å²) in [5, 5.41) is 3.79. The van der Waals surface area contributed by atoms with Crippen LogP contribution in [0.1, 0.15) is 11.1 Å². The molecule has 0 aromatic heterocycles. The molecule has 0 unspecified atom stereocenters. The van der Waals surface area contributed by atoms with Gasteiger partial charge in [-0.05, 0) is 30.3 Å². The summed E-state index contributed by atoms with van der Waals surface area (Å²) >= 11 is 11.9. The van der Waals surface area contributed by atoms with Crippen molar-refractivity contribution < 1.29 is 9.53 Å². The van der Waals surface area contributed by atoms with Crippen molar-refractivity contribution in [2.24, 2.45) is 0 Å². The molecule has 0 atom stereocenters. The Morgan fingerprint density at radius 1 is 1.04 bits per heavy atom. The van der Waals surface area contributed by atoms with Crippen LogP contribution in [0.25, 0.3) is 0 Å². The lowest BCUT2D eigenvalue weighted by Crippen LogP contribution is -2.43. The SMILES string of the molecule is CN1CCN(Cc2ccc(CNC(=O)COc3cc(Cl)ccc3Cl)cc2)CC1. The van der Waals surface area contributed by atoms with E-state index >= 15 is 0 Å². The molecule has 1 aliphatic heterocycles. The Balaban J connectivity index is 1.41. The van der Waals surface area contributed by atoms with Gasteiger partial charge >= 0.3 is 0 Å². The first-order chi connectivity index (χ1) is 13.5. The number of halogens is 2. The molecule has 3 rings (SSSR count). The van der Waals surface area contributed by atoms with Gasteiger partial charge in [0.05, 0.1) is 5.02 Å². The topological polar surface area (TPSA) is 44.8 Å². The molecule has 1 aliphatic rings. The fourth-order valence-corrected chi connectivity index (χ4v) is 3.34. The summed E-state index contributed by atoms with van der Waals surface area (Å²) < 4.78 is 5.44. The maximum atomic E-state index is 12.0. The molecule has 1 amide bonds. The van der Waals surface area contributed by atoms with Crippen molar-refractivity contribution in [2.45, 2.75) is 13.1 Å². The molecule has 1 saturated heterocycles. The average molecular weight is 422 g/mol. The number of ether oxygens (including phenoxy) is 1. The molecule has 0 aliphatic carbocycles. The molecule has 2 aromatic carbocycles. The third-order valence-corrected chi connectivity index (χ3v) is 5.31. The first-order valence-corrected chi connectivity index (χ1v) is 10.1. The molecule has 0 saturated carbocycles. The van der Waals surface area contributed by atoms with Gasteiger partial charge < -0.3 is 15.0 Å². The third-order valence-electron chi connectivity index (χ3n) is 4.77. The summed E-state index contributed by atoms with van der Waals surface area (Å²) in [4.78, 5) is 16.8. The van der Waals surface area contributed by atoms with Crippen LogP contribution in [-0.4, -0.2) is 55.5 Å². The molecule has 0 radical (unpaired) electrons. The Hall–Kier alpha value is -1.79. The number of likely N-dealkylation sites (N-methyl/N-ethyl adjacent to an activating group) is 1. The number of hydrogen-bond acceptors (Lipinski definition) is 4. The molecule has 2 aromatic rings. The van der Waals surface area contributed by atoms with E-state index in [1.165, 1.54) is 5.56 Å². The number of carbonyl (C=O) groups is 1. The summed E-state index contributed by atoms with van der Waals surface area (Å²) in [5.74, 6) is 0.190. The molecule has 0 spiro atoms. The van der Waals surface area contributed by atoms with Gasteiger partial charge in [0.2, 0.25) is 0 Å². The molecular weight excluding hydrogens is 397 g/mol. The largest absolute Gasteiger partial charge is 0.482 e. The van der Waals surface area contributed by atoms with Crippen molar-refractivity contribution >= 4 is 29.1 Å². The van der Waals surface area contributed by atoms with Crippen LogP contribution in [-0.2, 0) is 17.9 Å². The molecule has 7 heteroatoms. The van der Waals surface area contributed by atoms with Crippen LogP contribution in [0.5, 0.6) is 5.75 Å². The number of nitrogens with one attached hydrogen (secondary N) is 1. The second kappa shape index (κ2) is 10.1. The van der Waals surface area contributed by atoms with Gasteiger partial charge in [-0.1, -0.05) is 47.5 Å². The molecule has 0 bridgehead atoms. The molecule has 150 valence electrons. The summed E-state index contributed by atoms with van der Waals surface area (Å²) in [6, 6.07) is 13.3. The lowest BCUT2D eigenvalue weighted by Gasteiger charge is -2.32. The predicted molar refractivity (Wildman–Crippen MR) is 113 cm³/mol. The second-order valence-corrected chi connectivity index (χ2v) is 7.88. The Morgan fingerprint density at radius 2 is 1.71 bits per heavy atom. The Morgan fingerprint density at radius 3 is 2.43 bits per heavy atom. The van der Waals surface area contributed by atoms with E-state index in [0.717, 1.165) is 38.3 Å². The normalized spacial score (nSPS) is 15.4. The van der Waals surface area contributed by atoms with Gasteiger partial charge in [0.15, 0.2) is 6.61 Å². The van der Waals surface area contributed by atoms with E-state index in [1.807, 2.05) is 0 Å². The zero-order chi connectivity index (χ0) is 19.9. The lowest BCUT2D eigenvalue weighted by atomic mass is 10.1. The van der Waals surface area contributed by atoms with E-state index in [9.17, 15) is 4.79 Å². The third kappa shape index (κ3) is 6.38. The maximum absolute atomic E-state index is 12.0. The molecule has 1 heterocycles. The quantitative estimate of drug-likeness (QED) is 0.743. The summed E-state index contributed by atoms with van der Waals surface area (Å²) in [7, 11) is 2.16. The molecular formula is C21H25Cl2N3O2. The van der Waals surface area contributed by atoms with Crippen molar-refractivity contribution in [1.82, 2.24) is 15.1 Å². The van der Waals surface area contributed by atoms with Gasteiger partial charge in [-0.2, -0.15) is 0 Å². The number of benzene rings is 2. The Kier molecular flexibility index (Phi) is 7.57. The summed E-state index contributed by atoms with van der Waals surface area (Å²) in [6.45, 7) is 5.76. The van der Waals surface area contributed by atoms with E-state index < -0.39 is 0 Å². The number of nitrogens with zero attached hydrogens (tertiary/aromatic N) is 2. The fraction of sp³-hybridized carbons (Fsp3) is 0.381. The number of amides is 1. The van der Waals surface area contributed by atoms with Gasteiger partial charge in [0.1, 0.15) is 5.75 Å². The van der Waals surface area contributed by atoms with Crippen LogP contribution in [0.15, 0.2) is 42.5 Å². The molecule has 28 heavy (non-hydrogen) atoms. The smallest absolute Gasteiger partial charge is 0.258 e. The number of carbonyl (C=O) groups excluding carboxylic acids is 1. The van der Waals surface area contributed by atoms with Crippen molar-refractivity contribution in [2.75, 3.05) is 39.8 Å². The van der Waals surface area contributed by atoms with Crippen molar-refractivity contribution in [3.8, 4) is 5.75 Å². The van der Waals surface area contributed by atoms with Crippen LogP contribution in [0.2, 0.25) is 10.0 Å². The average Bonchev–Trinajstić information content (AvgIpc) is 2.70. The van der Waals surface area contributed by atoms with Crippen LogP contribution < -0.4 is 10.1 Å². The Bertz CT molecular complexity index is 791. The van der Waals surface area contributed by atoms with E-state index in [-0.39, 0.29) is 12.5 Å². The zero-order valence-corrected chi connectivity index (χ0v) is 17.5. The number of hydrogen-bond donors (Lipinski definition) is 1. The van der Waals surface area contributed by atoms with Crippen LogP contribution >= 0.6 is 23.2 Å². The molecule has 1 fully saturated rings. The maximum Gasteiger partial charge on any atom is 0.258 e. The van der Waals surface area contributed by atoms with E-state index in [1.54, 1.807) is 18.2 Å². The first kappa shape index (κ1) is 20.9. The van der Waals surface area contributed by atoms with Gasteiger partial charge in [-0.15, -0.1) is 0 Å². The van der Waals surface area contributed by atoms with Crippen molar-refractivity contribution in [1.29, 1.82) is 0 Å². The van der Waals surface area contributed by atoms with Crippen LogP contribution in [0.4, 0.5) is 0 Å². The highest BCUT2D eigenvalue weighted by Gasteiger charge is 2.13. The van der Waals surface area contributed by atoms with Gasteiger partial charge in [0, 0.05) is 50.4 Å². The monoisotopic (exact) mass is 421 g/mol. The van der Waals surface area contributed by atoms with Gasteiger partial charge in [0.25, 0.3) is 5.91 Å². The molecule has 5 nitrogen and oxygen atoms in total. The van der Waals surface area contributed by atoms with Crippen molar-refractivity contribution in [3.05, 3.63) is 63.6 Å². The lowest BCUT2D eigenvalue weighted by molar-refractivity contribution is -0.123. The highest BCUT2D eigenvalue weighted by atomic mass is 35.5. The highest BCUT2D eigenvalue weighted by molar-refractivity contribution is 6.34. The van der Waals surface area contributed by atoms with Crippen LogP contribution in [0.3, 0.4) is 0 Å². The number of piperazine rings is 1. The van der Waals surface area contributed by atoms with E-state index in [2.05, 4.69) is 46.4 Å².